The van der Waals surface area contributed by atoms with E-state index in [1.165, 1.54) is 26.5 Å². The summed E-state index contributed by atoms with van der Waals surface area (Å²) in [5.41, 5.74) is 1.44. The third kappa shape index (κ3) is 2.74. The summed E-state index contributed by atoms with van der Waals surface area (Å²) in [6.07, 6.45) is 1.48. The van der Waals surface area contributed by atoms with Crippen molar-refractivity contribution >= 4 is 5.97 Å². The molecule has 1 heterocycles. The fourth-order valence-electron chi connectivity index (χ4n) is 2.01. The molecule has 1 N–H and O–H groups in total. The highest BCUT2D eigenvalue weighted by Crippen LogP contribution is 2.43. The van der Waals surface area contributed by atoms with E-state index in [1.54, 1.807) is 25.3 Å². The number of hydrogen-bond donors (Lipinski definition) is 1. The van der Waals surface area contributed by atoms with Gasteiger partial charge in [0, 0.05) is 17.3 Å². The zero-order chi connectivity index (χ0) is 15.4. The highest BCUT2D eigenvalue weighted by molar-refractivity contribution is 5.86. The SMILES string of the molecule is COc1ccc(-c2ccc(C(=O)O)nc2)c(OC)c1OC. The van der Waals surface area contributed by atoms with Gasteiger partial charge in [0.1, 0.15) is 5.69 Å². The summed E-state index contributed by atoms with van der Waals surface area (Å²) in [5, 5.41) is 8.87. The quantitative estimate of drug-likeness (QED) is 0.911. The van der Waals surface area contributed by atoms with Crippen molar-refractivity contribution in [1.29, 1.82) is 0 Å². The molecule has 6 heteroatoms. The zero-order valence-electron chi connectivity index (χ0n) is 11.9. The molecule has 1 aromatic heterocycles. The van der Waals surface area contributed by atoms with E-state index in [1.807, 2.05) is 0 Å². The van der Waals surface area contributed by atoms with Gasteiger partial charge in [-0.2, -0.15) is 0 Å². The van der Waals surface area contributed by atoms with E-state index >= 15 is 0 Å². The molecule has 110 valence electrons. The summed E-state index contributed by atoms with van der Waals surface area (Å²) in [6, 6.07) is 6.66. The van der Waals surface area contributed by atoms with Crippen molar-refractivity contribution in [3.05, 3.63) is 36.2 Å². The number of carbonyl (C=O) groups is 1. The van der Waals surface area contributed by atoms with E-state index in [9.17, 15) is 4.79 Å². The molecule has 0 aliphatic rings. The molecule has 21 heavy (non-hydrogen) atoms. The first-order valence-corrected chi connectivity index (χ1v) is 6.11. The average Bonchev–Trinajstić information content (AvgIpc) is 2.53. The number of aromatic nitrogens is 1. The molecular weight excluding hydrogens is 274 g/mol. The molecule has 2 rings (SSSR count). The largest absolute Gasteiger partial charge is 0.493 e. The van der Waals surface area contributed by atoms with Gasteiger partial charge in [-0.05, 0) is 18.2 Å². The predicted octanol–water partition coefficient (Wildman–Crippen LogP) is 2.47. The number of carboxylic acids is 1. The van der Waals surface area contributed by atoms with Gasteiger partial charge < -0.3 is 19.3 Å². The highest BCUT2D eigenvalue weighted by atomic mass is 16.5. The molecule has 0 amide bonds. The Hall–Kier alpha value is -2.76. The molecule has 0 fully saturated rings. The molecule has 2 aromatic rings. The number of ether oxygens (including phenoxy) is 3. The van der Waals surface area contributed by atoms with Crippen LogP contribution in [0, 0.1) is 0 Å². The van der Waals surface area contributed by atoms with Crippen molar-refractivity contribution in [2.24, 2.45) is 0 Å². The van der Waals surface area contributed by atoms with Crippen LogP contribution in [0.5, 0.6) is 17.2 Å². The van der Waals surface area contributed by atoms with Crippen LogP contribution < -0.4 is 14.2 Å². The van der Waals surface area contributed by atoms with Crippen LogP contribution in [0.3, 0.4) is 0 Å². The minimum Gasteiger partial charge on any atom is -0.493 e. The van der Waals surface area contributed by atoms with Crippen LogP contribution >= 0.6 is 0 Å². The lowest BCUT2D eigenvalue weighted by atomic mass is 10.0. The normalized spacial score (nSPS) is 10.0. The Morgan fingerprint density at radius 2 is 1.71 bits per heavy atom. The monoisotopic (exact) mass is 289 g/mol. The fourth-order valence-corrected chi connectivity index (χ4v) is 2.01. The van der Waals surface area contributed by atoms with Crippen LogP contribution in [0.25, 0.3) is 11.1 Å². The molecule has 0 aliphatic heterocycles. The summed E-state index contributed by atoms with van der Waals surface area (Å²) >= 11 is 0. The van der Waals surface area contributed by atoms with Crippen molar-refractivity contribution in [2.75, 3.05) is 21.3 Å². The van der Waals surface area contributed by atoms with E-state index in [0.29, 0.717) is 17.2 Å². The molecule has 0 bridgehead atoms. The van der Waals surface area contributed by atoms with Crippen LogP contribution in [0.2, 0.25) is 0 Å². The van der Waals surface area contributed by atoms with Gasteiger partial charge in [-0.3, -0.25) is 0 Å². The number of carboxylic acid groups (broad SMARTS) is 1. The Morgan fingerprint density at radius 3 is 2.19 bits per heavy atom. The number of benzene rings is 1. The Morgan fingerprint density at radius 1 is 1.00 bits per heavy atom. The van der Waals surface area contributed by atoms with Gasteiger partial charge in [-0.1, -0.05) is 6.07 Å². The zero-order valence-corrected chi connectivity index (χ0v) is 11.9. The second-order valence-corrected chi connectivity index (χ2v) is 4.12. The van der Waals surface area contributed by atoms with E-state index < -0.39 is 5.97 Å². The number of rotatable bonds is 5. The number of aromatic carboxylic acids is 1. The standard InChI is InChI=1S/C15H15NO5/c1-19-12-7-5-10(13(20-2)14(12)21-3)9-4-6-11(15(17)18)16-8-9/h4-8H,1-3H3,(H,17,18). The summed E-state index contributed by atoms with van der Waals surface area (Å²) in [7, 11) is 4.59. The molecule has 0 unspecified atom stereocenters. The molecule has 0 aliphatic carbocycles. The average molecular weight is 289 g/mol. The Kier molecular flexibility index (Phi) is 4.27. The summed E-state index contributed by atoms with van der Waals surface area (Å²) in [4.78, 5) is 14.7. The third-order valence-corrected chi connectivity index (χ3v) is 3.00. The van der Waals surface area contributed by atoms with Gasteiger partial charge in [0.2, 0.25) is 5.75 Å². The molecular formula is C15H15NO5. The lowest BCUT2D eigenvalue weighted by Gasteiger charge is -2.15. The Bertz CT molecular complexity index is 652. The van der Waals surface area contributed by atoms with Crippen molar-refractivity contribution in [2.45, 2.75) is 0 Å². The van der Waals surface area contributed by atoms with Crippen molar-refractivity contribution in [3.63, 3.8) is 0 Å². The second kappa shape index (κ2) is 6.13. The van der Waals surface area contributed by atoms with Crippen LogP contribution in [-0.4, -0.2) is 37.4 Å². The number of hydrogen-bond acceptors (Lipinski definition) is 5. The van der Waals surface area contributed by atoms with Crippen LogP contribution in [0.1, 0.15) is 10.5 Å². The molecule has 0 atom stereocenters. The van der Waals surface area contributed by atoms with Crippen LogP contribution in [0.15, 0.2) is 30.5 Å². The molecule has 0 spiro atoms. The van der Waals surface area contributed by atoms with Gasteiger partial charge in [0.25, 0.3) is 0 Å². The van der Waals surface area contributed by atoms with Crippen molar-refractivity contribution in [3.8, 4) is 28.4 Å². The van der Waals surface area contributed by atoms with E-state index in [2.05, 4.69) is 4.98 Å². The molecule has 1 aromatic carbocycles. The minimum atomic E-state index is -1.07. The number of methoxy groups -OCH3 is 3. The number of nitrogens with zero attached hydrogens (tertiary/aromatic N) is 1. The van der Waals surface area contributed by atoms with E-state index in [-0.39, 0.29) is 5.69 Å². The van der Waals surface area contributed by atoms with Crippen molar-refractivity contribution in [1.82, 2.24) is 4.98 Å². The maximum absolute atomic E-state index is 10.8. The highest BCUT2D eigenvalue weighted by Gasteiger charge is 2.17. The fraction of sp³-hybridized carbons (Fsp3) is 0.200. The lowest BCUT2D eigenvalue weighted by molar-refractivity contribution is 0.0690. The molecule has 0 radical (unpaired) electrons. The molecule has 6 nitrogen and oxygen atoms in total. The maximum atomic E-state index is 10.8. The summed E-state index contributed by atoms with van der Waals surface area (Å²) < 4.78 is 15.9. The van der Waals surface area contributed by atoms with E-state index in [4.69, 9.17) is 19.3 Å². The Balaban J connectivity index is 2.55. The Labute approximate surface area is 121 Å². The lowest BCUT2D eigenvalue weighted by Crippen LogP contribution is -2.00. The van der Waals surface area contributed by atoms with Gasteiger partial charge in [0.15, 0.2) is 11.5 Å². The van der Waals surface area contributed by atoms with Gasteiger partial charge in [-0.25, -0.2) is 9.78 Å². The first-order chi connectivity index (χ1) is 10.1. The third-order valence-electron chi connectivity index (χ3n) is 3.00. The first-order valence-electron chi connectivity index (χ1n) is 6.11. The molecule has 0 saturated heterocycles. The first kappa shape index (κ1) is 14.6. The second-order valence-electron chi connectivity index (χ2n) is 4.12. The minimum absolute atomic E-state index is 0.0156. The maximum Gasteiger partial charge on any atom is 0.354 e. The van der Waals surface area contributed by atoms with E-state index in [0.717, 1.165) is 11.1 Å². The van der Waals surface area contributed by atoms with Crippen molar-refractivity contribution < 1.29 is 24.1 Å². The van der Waals surface area contributed by atoms with Crippen LogP contribution in [0.4, 0.5) is 0 Å². The van der Waals surface area contributed by atoms with Gasteiger partial charge in [0.05, 0.1) is 21.3 Å². The van der Waals surface area contributed by atoms with Gasteiger partial charge in [-0.15, -0.1) is 0 Å². The summed E-state index contributed by atoms with van der Waals surface area (Å²) in [5.74, 6) is 0.454. The van der Waals surface area contributed by atoms with Crippen LogP contribution in [-0.2, 0) is 0 Å². The number of pyridine rings is 1. The van der Waals surface area contributed by atoms with Gasteiger partial charge >= 0.3 is 5.97 Å². The molecule has 0 saturated carbocycles. The predicted molar refractivity (Wildman–Crippen MR) is 76.3 cm³/mol. The summed E-state index contributed by atoms with van der Waals surface area (Å²) in [6.45, 7) is 0. The topological polar surface area (TPSA) is 77.9 Å². The smallest absolute Gasteiger partial charge is 0.354 e.